The van der Waals surface area contributed by atoms with Crippen molar-refractivity contribution >= 4 is 17.6 Å². The second kappa shape index (κ2) is 9.71. The number of rotatable bonds is 6. The molecule has 30 heavy (non-hydrogen) atoms. The van der Waals surface area contributed by atoms with Crippen LogP contribution in [0.25, 0.3) is 0 Å². The zero-order valence-corrected chi connectivity index (χ0v) is 17.1. The van der Waals surface area contributed by atoms with Gasteiger partial charge >= 0.3 is 0 Å². The normalized spacial score (nSPS) is 18.2. The van der Waals surface area contributed by atoms with Gasteiger partial charge in [-0.15, -0.1) is 0 Å². The quantitative estimate of drug-likeness (QED) is 0.794. The molecule has 7 nitrogen and oxygen atoms in total. The SMILES string of the molecule is O=C(NCc1cccnc1N1CCOCC1)C(c1ccccc1)N1CCCCC1=O. The lowest BCUT2D eigenvalue weighted by Crippen LogP contribution is -2.45. The molecule has 158 valence electrons. The molecular weight excluding hydrogens is 380 g/mol. The summed E-state index contributed by atoms with van der Waals surface area (Å²) in [6, 6.07) is 12.8. The van der Waals surface area contributed by atoms with Gasteiger partial charge in [0.15, 0.2) is 0 Å². The Balaban J connectivity index is 1.52. The molecule has 2 saturated heterocycles. The Kier molecular flexibility index (Phi) is 6.59. The largest absolute Gasteiger partial charge is 0.378 e. The third kappa shape index (κ3) is 4.62. The number of hydrogen-bond acceptors (Lipinski definition) is 5. The number of anilines is 1. The zero-order chi connectivity index (χ0) is 20.8. The number of nitrogens with one attached hydrogen (secondary N) is 1. The maximum Gasteiger partial charge on any atom is 0.247 e. The molecule has 2 aliphatic rings. The number of carbonyl (C=O) groups is 2. The van der Waals surface area contributed by atoms with E-state index in [-0.39, 0.29) is 11.8 Å². The fraction of sp³-hybridized carbons (Fsp3) is 0.435. The Morgan fingerprint density at radius 3 is 2.63 bits per heavy atom. The van der Waals surface area contributed by atoms with Crippen LogP contribution in [-0.2, 0) is 20.9 Å². The Morgan fingerprint density at radius 1 is 1.07 bits per heavy atom. The summed E-state index contributed by atoms with van der Waals surface area (Å²) in [5.41, 5.74) is 1.80. The fourth-order valence-corrected chi connectivity index (χ4v) is 4.12. The third-order valence-electron chi connectivity index (χ3n) is 5.67. The van der Waals surface area contributed by atoms with Gasteiger partial charge in [0.25, 0.3) is 0 Å². The van der Waals surface area contributed by atoms with Crippen LogP contribution in [0.3, 0.4) is 0 Å². The molecule has 1 unspecified atom stereocenters. The van der Waals surface area contributed by atoms with Crippen molar-refractivity contribution in [2.75, 3.05) is 37.7 Å². The van der Waals surface area contributed by atoms with Crippen molar-refractivity contribution in [2.24, 2.45) is 0 Å². The highest BCUT2D eigenvalue weighted by Crippen LogP contribution is 2.26. The highest BCUT2D eigenvalue weighted by Gasteiger charge is 2.32. The molecular formula is C23H28N4O3. The van der Waals surface area contributed by atoms with E-state index in [1.54, 1.807) is 11.1 Å². The first-order chi connectivity index (χ1) is 14.7. The van der Waals surface area contributed by atoms with E-state index in [2.05, 4.69) is 15.2 Å². The molecule has 2 fully saturated rings. The highest BCUT2D eigenvalue weighted by molar-refractivity contribution is 5.89. The van der Waals surface area contributed by atoms with E-state index in [1.165, 1.54) is 0 Å². The molecule has 0 bridgehead atoms. The minimum atomic E-state index is -0.609. The minimum Gasteiger partial charge on any atom is -0.378 e. The van der Waals surface area contributed by atoms with Crippen molar-refractivity contribution in [3.05, 3.63) is 59.8 Å². The summed E-state index contributed by atoms with van der Waals surface area (Å²) in [5.74, 6) is 0.764. The van der Waals surface area contributed by atoms with Gasteiger partial charge in [-0.1, -0.05) is 36.4 Å². The number of aromatic nitrogens is 1. The lowest BCUT2D eigenvalue weighted by atomic mass is 10.0. The maximum atomic E-state index is 13.3. The average Bonchev–Trinajstić information content (AvgIpc) is 2.81. The topological polar surface area (TPSA) is 74.8 Å². The van der Waals surface area contributed by atoms with Crippen molar-refractivity contribution < 1.29 is 14.3 Å². The van der Waals surface area contributed by atoms with Gasteiger partial charge in [0.2, 0.25) is 11.8 Å². The van der Waals surface area contributed by atoms with E-state index in [1.807, 2.05) is 42.5 Å². The Bertz CT molecular complexity index is 868. The molecule has 0 aliphatic carbocycles. The van der Waals surface area contributed by atoms with Crippen molar-refractivity contribution in [3.8, 4) is 0 Å². The van der Waals surface area contributed by atoms with E-state index in [9.17, 15) is 9.59 Å². The summed E-state index contributed by atoms with van der Waals surface area (Å²) < 4.78 is 5.44. The second-order valence-corrected chi connectivity index (χ2v) is 7.66. The first-order valence-electron chi connectivity index (χ1n) is 10.6. The first kappa shape index (κ1) is 20.3. The van der Waals surface area contributed by atoms with Gasteiger partial charge in [0.1, 0.15) is 11.9 Å². The van der Waals surface area contributed by atoms with Gasteiger partial charge in [-0.25, -0.2) is 4.98 Å². The van der Waals surface area contributed by atoms with Gasteiger partial charge in [0.05, 0.1) is 13.2 Å². The van der Waals surface area contributed by atoms with Crippen LogP contribution in [0.1, 0.15) is 36.4 Å². The van der Waals surface area contributed by atoms with Gasteiger partial charge in [-0.2, -0.15) is 0 Å². The lowest BCUT2D eigenvalue weighted by Gasteiger charge is -2.34. The number of pyridine rings is 1. The highest BCUT2D eigenvalue weighted by atomic mass is 16.5. The number of likely N-dealkylation sites (tertiary alicyclic amines) is 1. The van der Waals surface area contributed by atoms with E-state index < -0.39 is 6.04 Å². The Labute approximate surface area is 177 Å². The van der Waals surface area contributed by atoms with Crippen LogP contribution in [-0.4, -0.2) is 54.5 Å². The molecule has 2 aliphatic heterocycles. The molecule has 0 radical (unpaired) electrons. The summed E-state index contributed by atoms with van der Waals surface area (Å²) in [6.07, 6.45) is 4.08. The number of morpholine rings is 1. The molecule has 0 spiro atoms. The summed E-state index contributed by atoms with van der Waals surface area (Å²) in [5, 5.41) is 3.06. The van der Waals surface area contributed by atoms with Crippen LogP contribution >= 0.6 is 0 Å². The third-order valence-corrected chi connectivity index (χ3v) is 5.67. The fourth-order valence-electron chi connectivity index (χ4n) is 4.12. The minimum absolute atomic E-state index is 0.0423. The molecule has 2 amide bonds. The van der Waals surface area contributed by atoms with Crippen molar-refractivity contribution in [3.63, 3.8) is 0 Å². The molecule has 3 heterocycles. The van der Waals surface area contributed by atoms with Gasteiger partial charge in [-0.05, 0) is 24.5 Å². The number of carbonyl (C=O) groups excluding carboxylic acids is 2. The van der Waals surface area contributed by atoms with Crippen LogP contribution in [0, 0.1) is 0 Å². The number of hydrogen-bond donors (Lipinski definition) is 1. The van der Waals surface area contributed by atoms with Crippen molar-refractivity contribution in [2.45, 2.75) is 31.8 Å². The standard InChI is InChI=1S/C23H28N4O3/c28-20-10-4-5-12-27(20)21(18-7-2-1-3-8-18)23(29)25-17-19-9-6-11-24-22(19)26-13-15-30-16-14-26/h1-3,6-9,11,21H,4-5,10,12-17H2,(H,25,29). The van der Waals surface area contributed by atoms with Gasteiger partial charge in [-0.3, -0.25) is 9.59 Å². The molecule has 1 N–H and O–H groups in total. The maximum absolute atomic E-state index is 13.3. The van der Waals surface area contributed by atoms with E-state index in [0.717, 1.165) is 42.9 Å². The van der Waals surface area contributed by atoms with Crippen LogP contribution < -0.4 is 10.2 Å². The number of piperidine rings is 1. The lowest BCUT2D eigenvalue weighted by molar-refractivity contribution is -0.142. The number of ether oxygens (including phenoxy) is 1. The van der Waals surface area contributed by atoms with Crippen molar-refractivity contribution in [1.82, 2.24) is 15.2 Å². The summed E-state index contributed by atoms with van der Waals surface area (Å²) in [6.45, 7) is 3.90. The van der Waals surface area contributed by atoms with Crippen LogP contribution in [0.5, 0.6) is 0 Å². The summed E-state index contributed by atoms with van der Waals surface area (Å²) in [7, 11) is 0. The molecule has 0 saturated carbocycles. The summed E-state index contributed by atoms with van der Waals surface area (Å²) in [4.78, 5) is 34.3. The van der Waals surface area contributed by atoms with Crippen LogP contribution in [0.4, 0.5) is 5.82 Å². The predicted octanol–water partition coefficient (Wildman–Crippen LogP) is 2.29. The molecule has 2 aromatic rings. The van der Waals surface area contributed by atoms with Crippen LogP contribution in [0.15, 0.2) is 48.7 Å². The number of amides is 2. The molecule has 1 atom stereocenters. The van der Waals surface area contributed by atoms with E-state index in [0.29, 0.717) is 32.7 Å². The van der Waals surface area contributed by atoms with Crippen LogP contribution in [0.2, 0.25) is 0 Å². The monoisotopic (exact) mass is 408 g/mol. The second-order valence-electron chi connectivity index (χ2n) is 7.66. The number of nitrogens with zero attached hydrogens (tertiary/aromatic N) is 3. The van der Waals surface area contributed by atoms with Gasteiger partial charge in [0, 0.05) is 44.4 Å². The predicted molar refractivity (Wildman–Crippen MR) is 114 cm³/mol. The van der Waals surface area contributed by atoms with E-state index >= 15 is 0 Å². The molecule has 1 aromatic carbocycles. The smallest absolute Gasteiger partial charge is 0.247 e. The Hall–Kier alpha value is -2.93. The molecule has 1 aromatic heterocycles. The van der Waals surface area contributed by atoms with Gasteiger partial charge < -0.3 is 19.9 Å². The number of benzene rings is 1. The van der Waals surface area contributed by atoms with E-state index in [4.69, 9.17) is 4.74 Å². The Morgan fingerprint density at radius 2 is 1.87 bits per heavy atom. The zero-order valence-electron chi connectivity index (χ0n) is 17.1. The average molecular weight is 409 g/mol. The molecule has 7 heteroatoms. The molecule has 4 rings (SSSR count). The first-order valence-corrected chi connectivity index (χ1v) is 10.6. The summed E-state index contributed by atoms with van der Waals surface area (Å²) >= 11 is 0. The van der Waals surface area contributed by atoms with Crippen molar-refractivity contribution in [1.29, 1.82) is 0 Å².